The molecule has 0 aromatic heterocycles. The smallest absolute Gasteiger partial charge is 0.332 e. The van der Waals surface area contributed by atoms with Crippen molar-refractivity contribution >= 4 is 23.4 Å². The molecule has 0 bridgehead atoms. The van der Waals surface area contributed by atoms with Gasteiger partial charge in [-0.25, -0.2) is 9.18 Å². The Morgan fingerprint density at radius 1 is 1.50 bits per heavy atom. The Kier molecular flexibility index (Phi) is 4.43. The first kappa shape index (κ1) is 12.6. The van der Waals surface area contributed by atoms with Crippen LogP contribution in [-0.4, -0.2) is 23.7 Å². The van der Waals surface area contributed by atoms with E-state index in [0.717, 1.165) is 6.07 Å². The van der Waals surface area contributed by atoms with Crippen molar-refractivity contribution in [2.75, 3.05) is 6.61 Å². The SMILES string of the molecule is CCOC(=O)C(Cl)C(=O)c1cccc(F)c1. The highest BCUT2D eigenvalue weighted by molar-refractivity contribution is 6.43. The monoisotopic (exact) mass is 244 g/mol. The molecule has 1 rings (SSSR count). The summed E-state index contributed by atoms with van der Waals surface area (Å²) >= 11 is 5.60. The quantitative estimate of drug-likeness (QED) is 0.353. The number of halogens is 2. The second-order valence-electron chi connectivity index (χ2n) is 2.99. The molecule has 0 saturated carbocycles. The van der Waals surface area contributed by atoms with E-state index in [1.807, 2.05) is 0 Å². The summed E-state index contributed by atoms with van der Waals surface area (Å²) in [6, 6.07) is 4.98. The number of hydrogen-bond donors (Lipinski definition) is 0. The predicted molar refractivity (Wildman–Crippen MR) is 57.0 cm³/mol. The zero-order valence-corrected chi connectivity index (χ0v) is 9.33. The van der Waals surface area contributed by atoms with Gasteiger partial charge in [-0.2, -0.15) is 0 Å². The van der Waals surface area contributed by atoms with Gasteiger partial charge in [0.1, 0.15) is 5.82 Å². The average molecular weight is 245 g/mol. The van der Waals surface area contributed by atoms with Crippen LogP contribution in [0.5, 0.6) is 0 Å². The van der Waals surface area contributed by atoms with Crippen molar-refractivity contribution in [1.29, 1.82) is 0 Å². The number of benzene rings is 1. The molecule has 1 unspecified atom stereocenters. The van der Waals surface area contributed by atoms with Gasteiger partial charge in [0.25, 0.3) is 0 Å². The van der Waals surface area contributed by atoms with Crippen LogP contribution in [0.25, 0.3) is 0 Å². The Hall–Kier alpha value is -1.42. The van der Waals surface area contributed by atoms with Gasteiger partial charge >= 0.3 is 5.97 Å². The first-order valence-electron chi connectivity index (χ1n) is 4.66. The molecule has 1 atom stereocenters. The molecule has 0 fully saturated rings. The zero-order valence-electron chi connectivity index (χ0n) is 8.57. The second-order valence-corrected chi connectivity index (χ2v) is 3.43. The number of rotatable bonds is 4. The molecule has 0 N–H and O–H groups in total. The molecule has 5 heteroatoms. The van der Waals surface area contributed by atoms with Crippen molar-refractivity contribution in [3.8, 4) is 0 Å². The minimum Gasteiger partial charge on any atom is -0.465 e. The van der Waals surface area contributed by atoms with E-state index in [1.165, 1.54) is 18.2 Å². The lowest BCUT2D eigenvalue weighted by Crippen LogP contribution is -2.27. The molecule has 3 nitrogen and oxygen atoms in total. The number of Topliss-reactive ketones (excluding diaryl/α,β-unsaturated/α-hetero) is 1. The fraction of sp³-hybridized carbons (Fsp3) is 0.273. The molecule has 0 radical (unpaired) electrons. The summed E-state index contributed by atoms with van der Waals surface area (Å²) in [6.07, 6.45) is 0. The molecular formula is C11H10ClFO3. The molecular weight excluding hydrogens is 235 g/mol. The summed E-state index contributed by atoms with van der Waals surface area (Å²) in [6.45, 7) is 1.74. The number of alkyl halides is 1. The van der Waals surface area contributed by atoms with E-state index in [9.17, 15) is 14.0 Å². The molecule has 0 aliphatic rings. The summed E-state index contributed by atoms with van der Waals surface area (Å²) < 4.78 is 17.4. The second kappa shape index (κ2) is 5.61. The van der Waals surface area contributed by atoms with E-state index in [0.29, 0.717) is 0 Å². The minimum atomic E-state index is -1.43. The molecule has 1 aromatic carbocycles. The summed E-state index contributed by atoms with van der Waals surface area (Å²) in [5, 5.41) is -1.43. The van der Waals surface area contributed by atoms with Crippen LogP contribution >= 0.6 is 11.6 Å². The maximum absolute atomic E-state index is 12.8. The molecule has 0 aliphatic carbocycles. The van der Waals surface area contributed by atoms with Gasteiger partial charge in [0.15, 0.2) is 11.2 Å². The van der Waals surface area contributed by atoms with Crippen LogP contribution in [0, 0.1) is 5.82 Å². The molecule has 0 aliphatic heterocycles. The van der Waals surface area contributed by atoms with E-state index in [2.05, 4.69) is 4.74 Å². The maximum Gasteiger partial charge on any atom is 0.332 e. The average Bonchev–Trinajstić information content (AvgIpc) is 2.27. The largest absolute Gasteiger partial charge is 0.465 e. The van der Waals surface area contributed by atoms with Gasteiger partial charge in [0.2, 0.25) is 0 Å². The summed E-state index contributed by atoms with van der Waals surface area (Å²) in [7, 11) is 0. The van der Waals surface area contributed by atoms with Crippen molar-refractivity contribution in [2.24, 2.45) is 0 Å². The molecule has 0 spiro atoms. The summed E-state index contributed by atoms with van der Waals surface area (Å²) in [5.74, 6) is -2.04. The first-order chi connectivity index (χ1) is 7.56. The summed E-state index contributed by atoms with van der Waals surface area (Å²) in [4.78, 5) is 22.8. The molecule has 0 saturated heterocycles. The van der Waals surface area contributed by atoms with Crippen molar-refractivity contribution in [1.82, 2.24) is 0 Å². The first-order valence-corrected chi connectivity index (χ1v) is 5.10. The highest BCUT2D eigenvalue weighted by atomic mass is 35.5. The number of ketones is 1. The minimum absolute atomic E-state index is 0.0491. The Labute approximate surface area is 97.2 Å². The van der Waals surface area contributed by atoms with E-state index < -0.39 is 22.9 Å². The van der Waals surface area contributed by atoms with Crippen LogP contribution in [0.4, 0.5) is 4.39 Å². The number of carbonyl (C=O) groups excluding carboxylic acids is 2. The van der Waals surface area contributed by atoms with E-state index >= 15 is 0 Å². The van der Waals surface area contributed by atoms with Crippen LogP contribution in [0.3, 0.4) is 0 Å². The van der Waals surface area contributed by atoms with Crippen LogP contribution in [0.1, 0.15) is 17.3 Å². The third kappa shape index (κ3) is 3.03. The van der Waals surface area contributed by atoms with Gasteiger partial charge in [0, 0.05) is 5.56 Å². The van der Waals surface area contributed by atoms with Gasteiger partial charge in [-0.15, -0.1) is 11.6 Å². The number of esters is 1. The van der Waals surface area contributed by atoms with E-state index in [4.69, 9.17) is 11.6 Å². The van der Waals surface area contributed by atoms with Gasteiger partial charge in [0.05, 0.1) is 6.61 Å². The van der Waals surface area contributed by atoms with Crippen molar-refractivity contribution in [3.63, 3.8) is 0 Å². The Bertz CT molecular complexity index is 406. The fourth-order valence-electron chi connectivity index (χ4n) is 1.11. The van der Waals surface area contributed by atoms with Gasteiger partial charge < -0.3 is 4.74 Å². The van der Waals surface area contributed by atoms with Crippen molar-refractivity contribution in [2.45, 2.75) is 12.3 Å². The fourth-order valence-corrected chi connectivity index (χ4v) is 1.30. The van der Waals surface area contributed by atoms with Crippen molar-refractivity contribution in [3.05, 3.63) is 35.6 Å². The van der Waals surface area contributed by atoms with E-state index in [1.54, 1.807) is 6.92 Å². The van der Waals surface area contributed by atoms with Gasteiger partial charge in [-0.1, -0.05) is 12.1 Å². The zero-order chi connectivity index (χ0) is 12.1. The Morgan fingerprint density at radius 2 is 2.19 bits per heavy atom. The lowest BCUT2D eigenvalue weighted by molar-refractivity contribution is -0.141. The van der Waals surface area contributed by atoms with Crippen molar-refractivity contribution < 1.29 is 18.7 Å². The van der Waals surface area contributed by atoms with Crippen LogP contribution in [0.15, 0.2) is 24.3 Å². The lowest BCUT2D eigenvalue weighted by Gasteiger charge is -2.07. The predicted octanol–water partition coefficient (Wildman–Crippen LogP) is 2.18. The molecule has 1 aromatic rings. The molecule has 16 heavy (non-hydrogen) atoms. The lowest BCUT2D eigenvalue weighted by atomic mass is 10.1. The number of hydrogen-bond acceptors (Lipinski definition) is 3. The van der Waals surface area contributed by atoms with Gasteiger partial charge in [-0.05, 0) is 19.1 Å². The third-order valence-electron chi connectivity index (χ3n) is 1.83. The van der Waals surface area contributed by atoms with Crippen LogP contribution in [0.2, 0.25) is 0 Å². The van der Waals surface area contributed by atoms with Crippen LogP contribution in [-0.2, 0) is 9.53 Å². The standard InChI is InChI=1S/C11H10ClFO3/c1-2-16-11(15)9(12)10(14)7-4-3-5-8(13)6-7/h3-6,9H,2H2,1H3. The molecule has 0 amide bonds. The maximum atomic E-state index is 12.8. The number of ether oxygens (including phenoxy) is 1. The third-order valence-corrected chi connectivity index (χ3v) is 2.21. The molecule has 0 heterocycles. The topological polar surface area (TPSA) is 43.4 Å². The Morgan fingerprint density at radius 3 is 2.75 bits per heavy atom. The Balaban J connectivity index is 2.82. The number of carbonyl (C=O) groups is 2. The highest BCUT2D eigenvalue weighted by Gasteiger charge is 2.26. The van der Waals surface area contributed by atoms with Gasteiger partial charge in [-0.3, -0.25) is 4.79 Å². The highest BCUT2D eigenvalue weighted by Crippen LogP contribution is 2.11. The van der Waals surface area contributed by atoms with E-state index in [-0.39, 0.29) is 12.2 Å². The van der Waals surface area contributed by atoms with Crippen LogP contribution < -0.4 is 0 Å². The summed E-state index contributed by atoms with van der Waals surface area (Å²) in [5.41, 5.74) is 0.0491. The normalized spacial score (nSPS) is 11.9. The molecule has 86 valence electrons.